The van der Waals surface area contributed by atoms with Crippen LogP contribution in [0.4, 0.5) is 5.69 Å². The average Bonchev–Trinajstić information content (AvgIpc) is 2.82. The number of hydrogen-bond acceptors (Lipinski definition) is 4. The molecule has 3 aromatic carbocycles. The number of sulfonamides is 1. The minimum atomic E-state index is -3.94. The number of rotatable bonds is 9. The zero-order valence-electron chi connectivity index (χ0n) is 19.4. The van der Waals surface area contributed by atoms with Crippen LogP contribution in [0, 0.1) is 13.8 Å². The number of methoxy groups -OCH3 is 1. The van der Waals surface area contributed by atoms with E-state index in [1.54, 1.807) is 43.5 Å². The third kappa shape index (κ3) is 5.93. The molecule has 0 saturated carbocycles. The van der Waals surface area contributed by atoms with Gasteiger partial charge >= 0.3 is 0 Å². The number of carbonyl (C=O) groups excluding carboxylic acids is 1. The largest absolute Gasteiger partial charge is 0.497 e. The van der Waals surface area contributed by atoms with Gasteiger partial charge < -0.3 is 10.1 Å². The SMILES string of the molecule is CCC(NC(=O)CN(c1ccc(C)cc1)S(=O)(=O)c1ccc(C)cc1)c1ccc(OC)cc1. The van der Waals surface area contributed by atoms with Crippen LogP contribution < -0.4 is 14.4 Å². The summed E-state index contributed by atoms with van der Waals surface area (Å²) in [6.07, 6.45) is 0.660. The molecule has 0 aromatic heterocycles. The molecule has 0 radical (unpaired) electrons. The second-order valence-corrected chi connectivity index (χ2v) is 9.82. The third-order valence-electron chi connectivity index (χ3n) is 5.48. The molecular weight excluding hydrogens is 436 g/mol. The Balaban J connectivity index is 1.88. The van der Waals surface area contributed by atoms with Crippen LogP contribution in [0.15, 0.2) is 77.7 Å². The van der Waals surface area contributed by atoms with E-state index >= 15 is 0 Å². The van der Waals surface area contributed by atoms with Crippen molar-refractivity contribution in [1.29, 1.82) is 0 Å². The topological polar surface area (TPSA) is 75.7 Å². The number of nitrogens with zero attached hydrogens (tertiary/aromatic N) is 1. The van der Waals surface area contributed by atoms with Crippen LogP contribution in [0.1, 0.15) is 36.1 Å². The van der Waals surface area contributed by atoms with Crippen molar-refractivity contribution < 1.29 is 17.9 Å². The van der Waals surface area contributed by atoms with E-state index < -0.39 is 10.0 Å². The molecule has 6 nitrogen and oxygen atoms in total. The molecule has 0 spiro atoms. The van der Waals surface area contributed by atoms with Crippen LogP contribution in [0.5, 0.6) is 5.75 Å². The van der Waals surface area contributed by atoms with E-state index in [4.69, 9.17) is 4.74 Å². The van der Waals surface area contributed by atoms with Crippen molar-refractivity contribution in [1.82, 2.24) is 5.32 Å². The lowest BCUT2D eigenvalue weighted by Crippen LogP contribution is -2.42. The van der Waals surface area contributed by atoms with Gasteiger partial charge in [-0.3, -0.25) is 9.10 Å². The van der Waals surface area contributed by atoms with Gasteiger partial charge in [-0.15, -0.1) is 0 Å². The molecule has 7 heteroatoms. The normalized spacial score (nSPS) is 12.1. The number of hydrogen-bond donors (Lipinski definition) is 1. The third-order valence-corrected chi connectivity index (χ3v) is 7.27. The fourth-order valence-electron chi connectivity index (χ4n) is 3.49. The summed E-state index contributed by atoms with van der Waals surface area (Å²) in [5.41, 5.74) is 3.32. The molecule has 0 aliphatic rings. The molecular formula is C26H30N2O4S. The Hall–Kier alpha value is -3.32. The molecule has 0 fully saturated rings. The molecule has 0 bridgehead atoms. The molecule has 3 aromatic rings. The predicted molar refractivity (Wildman–Crippen MR) is 131 cm³/mol. The van der Waals surface area contributed by atoms with E-state index in [0.717, 1.165) is 26.7 Å². The maximum atomic E-state index is 13.5. The van der Waals surface area contributed by atoms with E-state index in [1.807, 2.05) is 57.2 Å². The highest BCUT2D eigenvalue weighted by molar-refractivity contribution is 7.92. The molecule has 0 saturated heterocycles. The summed E-state index contributed by atoms with van der Waals surface area (Å²) in [7, 11) is -2.34. The van der Waals surface area contributed by atoms with E-state index in [2.05, 4.69) is 5.32 Å². The molecule has 0 aliphatic heterocycles. The van der Waals surface area contributed by atoms with Crippen molar-refractivity contribution in [3.8, 4) is 5.75 Å². The van der Waals surface area contributed by atoms with Crippen LogP contribution in [-0.4, -0.2) is 28.0 Å². The van der Waals surface area contributed by atoms with Crippen LogP contribution in [0.25, 0.3) is 0 Å². The summed E-state index contributed by atoms with van der Waals surface area (Å²) in [5, 5.41) is 2.98. The van der Waals surface area contributed by atoms with Crippen molar-refractivity contribution in [3.05, 3.63) is 89.5 Å². The second-order valence-electron chi connectivity index (χ2n) is 7.96. The van der Waals surface area contributed by atoms with Crippen LogP contribution in [0.3, 0.4) is 0 Å². The van der Waals surface area contributed by atoms with Crippen LogP contribution >= 0.6 is 0 Å². The quantitative estimate of drug-likeness (QED) is 0.493. The standard InChI is InChI=1S/C26H30N2O4S/c1-5-25(21-10-14-23(32-4)15-11-21)27-26(29)18-28(22-12-6-19(2)7-13-22)33(30,31)24-16-8-20(3)9-17-24/h6-17,25H,5,18H2,1-4H3,(H,27,29). The van der Waals surface area contributed by atoms with Gasteiger partial charge in [0.1, 0.15) is 12.3 Å². The van der Waals surface area contributed by atoms with Crippen LogP contribution in [-0.2, 0) is 14.8 Å². The summed E-state index contributed by atoms with van der Waals surface area (Å²) in [5.74, 6) is 0.351. The number of amides is 1. The Labute approximate surface area is 196 Å². The zero-order chi connectivity index (χ0) is 24.0. The van der Waals surface area contributed by atoms with Crippen molar-refractivity contribution >= 4 is 21.6 Å². The lowest BCUT2D eigenvalue weighted by Gasteiger charge is -2.26. The first-order valence-electron chi connectivity index (χ1n) is 10.8. The Bertz CT molecular complexity index is 1170. The minimum Gasteiger partial charge on any atom is -0.497 e. The van der Waals surface area contributed by atoms with Crippen LogP contribution in [0.2, 0.25) is 0 Å². The van der Waals surface area contributed by atoms with Gasteiger partial charge in [-0.2, -0.15) is 0 Å². The smallest absolute Gasteiger partial charge is 0.264 e. The van der Waals surface area contributed by atoms with E-state index in [1.165, 1.54) is 0 Å². The number of ether oxygens (including phenoxy) is 1. The monoisotopic (exact) mass is 466 g/mol. The van der Waals surface area contributed by atoms with Gasteiger partial charge in [0, 0.05) is 0 Å². The summed E-state index contributed by atoms with van der Waals surface area (Å²) < 4.78 is 33.3. The molecule has 3 rings (SSSR count). The van der Waals surface area contributed by atoms with Crippen molar-refractivity contribution in [2.75, 3.05) is 18.0 Å². The number of carbonyl (C=O) groups is 1. The highest BCUT2D eigenvalue weighted by atomic mass is 32.2. The molecule has 1 unspecified atom stereocenters. The minimum absolute atomic E-state index is 0.142. The number of anilines is 1. The Morgan fingerprint density at radius 1 is 0.909 bits per heavy atom. The predicted octanol–water partition coefficient (Wildman–Crippen LogP) is 4.77. The lowest BCUT2D eigenvalue weighted by molar-refractivity contribution is -0.120. The number of benzene rings is 3. The molecule has 33 heavy (non-hydrogen) atoms. The molecule has 0 heterocycles. The molecule has 1 atom stereocenters. The van der Waals surface area contributed by atoms with Crippen molar-refractivity contribution in [2.24, 2.45) is 0 Å². The van der Waals surface area contributed by atoms with Gasteiger partial charge in [0.05, 0.1) is 23.7 Å². The van der Waals surface area contributed by atoms with E-state index in [9.17, 15) is 13.2 Å². The first-order valence-corrected chi connectivity index (χ1v) is 12.3. The first kappa shape index (κ1) is 24.3. The molecule has 0 aliphatic carbocycles. The fraction of sp³-hybridized carbons (Fsp3) is 0.269. The lowest BCUT2D eigenvalue weighted by atomic mass is 10.0. The summed E-state index contributed by atoms with van der Waals surface area (Å²) >= 11 is 0. The van der Waals surface area contributed by atoms with Gasteiger partial charge in [-0.05, 0) is 62.2 Å². The molecule has 174 valence electrons. The fourth-order valence-corrected chi connectivity index (χ4v) is 4.91. The maximum Gasteiger partial charge on any atom is 0.264 e. The summed E-state index contributed by atoms with van der Waals surface area (Å²) in [4.78, 5) is 13.2. The first-order chi connectivity index (χ1) is 15.7. The Kier molecular flexibility index (Phi) is 7.76. The van der Waals surface area contributed by atoms with Gasteiger partial charge in [0.15, 0.2) is 0 Å². The average molecular weight is 467 g/mol. The summed E-state index contributed by atoms with van der Waals surface area (Å²) in [6, 6.07) is 20.9. The Morgan fingerprint density at radius 3 is 1.97 bits per heavy atom. The van der Waals surface area contributed by atoms with Gasteiger partial charge in [-0.25, -0.2) is 8.42 Å². The second kappa shape index (κ2) is 10.5. The van der Waals surface area contributed by atoms with Crippen molar-refractivity contribution in [3.63, 3.8) is 0 Å². The van der Waals surface area contributed by atoms with Gasteiger partial charge in [0.25, 0.3) is 10.0 Å². The van der Waals surface area contributed by atoms with Gasteiger partial charge in [0.2, 0.25) is 5.91 Å². The zero-order valence-corrected chi connectivity index (χ0v) is 20.2. The van der Waals surface area contributed by atoms with Gasteiger partial charge in [-0.1, -0.05) is 54.4 Å². The van der Waals surface area contributed by atoms with Crippen molar-refractivity contribution in [2.45, 2.75) is 38.1 Å². The Morgan fingerprint density at radius 2 is 1.45 bits per heavy atom. The number of nitrogens with one attached hydrogen (secondary N) is 1. The van der Waals surface area contributed by atoms with E-state index in [0.29, 0.717) is 12.1 Å². The molecule has 1 N–H and O–H groups in total. The summed E-state index contributed by atoms with van der Waals surface area (Å²) in [6.45, 7) is 5.46. The molecule has 1 amide bonds. The highest BCUT2D eigenvalue weighted by Crippen LogP contribution is 2.25. The number of aryl methyl sites for hydroxylation is 2. The van der Waals surface area contributed by atoms with E-state index in [-0.39, 0.29) is 23.4 Å². The highest BCUT2D eigenvalue weighted by Gasteiger charge is 2.28. The maximum absolute atomic E-state index is 13.5.